The van der Waals surface area contributed by atoms with Gasteiger partial charge in [-0.15, -0.1) is 0 Å². The molecule has 2 heteroatoms. The van der Waals surface area contributed by atoms with Crippen LogP contribution in [0.2, 0.25) is 0 Å². The van der Waals surface area contributed by atoms with Crippen LogP contribution in [0.5, 0.6) is 0 Å². The van der Waals surface area contributed by atoms with Gasteiger partial charge in [-0.1, -0.05) is 30.0 Å². The zero-order valence-electron chi connectivity index (χ0n) is 11.1. The fourth-order valence-electron chi connectivity index (χ4n) is 2.44. The first kappa shape index (κ1) is 13.1. The second-order valence-corrected chi connectivity index (χ2v) is 5.13. The number of hydrogen-bond donors (Lipinski definition) is 1. The lowest BCUT2D eigenvalue weighted by atomic mass is 9.93. The Labute approximate surface area is 110 Å². The minimum absolute atomic E-state index is 0.637. The van der Waals surface area contributed by atoms with Crippen molar-refractivity contribution in [3.05, 3.63) is 35.9 Å². The lowest BCUT2D eigenvalue weighted by Gasteiger charge is -2.36. The molecule has 1 aromatic rings. The fourth-order valence-corrected chi connectivity index (χ4v) is 2.44. The summed E-state index contributed by atoms with van der Waals surface area (Å²) in [4.78, 5) is 2.46. The molecule has 2 N–H and O–H groups in total. The highest BCUT2D eigenvalue weighted by Crippen LogP contribution is 2.20. The van der Waals surface area contributed by atoms with E-state index in [-0.39, 0.29) is 0 Å². The zero-order chi connectivity index (χ0) is 12.8. The molecular weight excluding hydrogens is 220 g/mol. The predicted molar refractivity (Wildman–Crippen MR) is 76.1 cm³/mol. The maximum atomic E-state index is 5.77. The minimum Gasteiger partial charge on any atom is -0.330 e. The van der Waals surface area contributed by atoms with Gasteiger partial charge in [0.15, 0.2) is 0 Å². The number of nitrogens with zero attached hydrogens (tertiary/aromatic N) is 1. The van der Waals surface area contributed by atoms with E-state index in [9.17, 15) is 0 Å². The number of rotatable bonds is 2. The molecule has 0 radical (unpaired) electrons. The Kier molecular flexibility index (Phi) is 4.81. The summed E-state index contributed by atoms with van der Waals surface area (Å²) in [7, 11) is 0. The molecule has 96 valence electrons. The summed E-state index contributed by atoms with van der Waals surface area (Å²) in [6.45, 7) is 5.04. The van der Waals surface area contributed by atoms with Crippen molar-refractivity contribution in [1.82, 2.24) is 4.90 Å². The van der Waals surface area contributed by atoms with Gasteiger partial charge in [0.05, 0.1) is 6.54 Å². The summed E-state index contributed by atoms with van der Waals surface area (Å²) >= 11 is 0. The maximum absolute atomic E-state index is 5.77. The van der Waals surface area contributed by atoms with Crippen LogP contribution in [0.1, 0.15) is 25.3 Å². The third-order valence-electron chi connectivity index (χ3n) is 3.73. The summed E-state index contributed by atoms with van der Waals surface area (Å²) in [6, 6.07) is 10.8. The first-order valence-corrected chi connectivity index (χ1v) is 6.77. The van der Waals surface area contributed by atoms with E-state index in [1.807, 2.05) is 18.2 Å². The summed E-state index contributed by atoms with van der Waals surface area (Å²) in [6.07, 6.45) is 2.51. The Morgan fingerprint density at radius 3 is 2.78 bits per heavy atom. The molecule has 1 heterocycles. The van der Waals surface area contributed by atoms with E-state index in [1.54, 1.807) is 0 Å². The third kappa shape index (κ3) is 3.60. The molecule has 0 spiro atoms. The van der Waals surface area contributed by atoms with Crippen molar-refractivity contribution in [3.8, 4) is 11.8 Å². The molecule has 18 heavy (non-hydrogen) atoms. The van der Waals surface area contributed by atoms with Gasteiger partial charge in [0, 0.05) is 18.2 Å². The second kappa shape index (κ2) is 6.58. The van der Waals surface area contributed by atoms with Gasteiger partial charge >= 0.3 is 0 Å². The van der Waals surface area contributed by atoms with Crippen LogP contribution in [-0.4, -0.2) is 30.6 Å². The number of piperidine rings is 1. The van der Waals surface area contributed by atoms with Gasteiger partial charge in [-0.05, 0) is 44.4 Å². The Bertz CT molecular complexity index is 416. The average molecular weight is 242 g/mol. The monoisotopic (exact) mass is 242 g/mol. The van der Waals surface area contributed by atoms with Gasteiger partial charge < -0.3 is 5.73 Å². The van der Waals surface area contributed by atoms with Crippen LogP contribution in [-0.2, 0) is 0 Å². The van der Waals surface area contributed by atoms with Crippen LogP contribution in [0.4, 0.5) is 0 Å². The molecule has 2 atom stereocenters. The largest absolute Gasteiger partial charge is 0.330 e. The third-order valence-corrected chi connectivity index (χ3v) is 3.73. The van der Waals surface area contributed by atoms with Crippen molar-refractivity contribution in [2.45, 2.75) is 25.8 Å². The molecule has 0 aliphatic carbocycles. The van der Waals surface area contributed by atoms with Crippen molar-refractivity contribution in [3.63, 3.8) is 0 Å². The summed E-state index contributed by atoms with van der Waals surface area (Å²) in [5.41, 5.74) is 6.86. The topological polar surface area (TPSA) is 29.3 Å². The summed E-state index contributed by atoms with van der Waals surface area (Å²) in [5, 5.41) is 0. The molecule has 0 saturated carbocycles. The molecule has 1 aliphatic heterocycles. The second-order valence-electron chi connectivity index (χ2n) is 5.13. The summed E-state index contributed by atoms with van der Waals surface area (Å²) < 4.78 is 0. The Morgan fingerprint density at radius 2 is 2.06 bits per heavy atom. The quantitative estimate of drug-likeness (QED) is 0.805. The van der Waals surface area contributed by atoms with E-state index in [0.29, 0.717) is 12.0 Å². The van der Waals surface area contributed by atoms with Crippen LogP contribution in [0, 0.1) is 17.8 Å². The van der Waals surface area contributed by atoms with Crippen molar-refractivity contribution in [1.29, 1.82) is 0 Å². The highest BCUT2D eigenvalue weighted by molar-refractivity contribution is 5.33. The van der Waals surface area contributed by atoms with Gasteiger partial charge in [-0.2, -0.15) is 0 Å². The van der Waals surface area contributed by atoms with Crippen LogP contribution < -0.4 is 5.73 Å². The Hall–Kier alpha value is -1.30. The first-order chi connectivity index (χ1) is 8.79. The van der Waals surface area contributed by atoms with Crippen molar-refractivity contribution < 1.29 is 0 Å². The van der Waals surface area contributed by atoms with E-state index in [0.717, 1.165) is 25.2 Å². The smallest absolute Gasteiger partial charge is 0.0607 e. The predicted octanol–water partition coefficient (Wildman–Crippen LogP) is 2.10. The number of nitrogens with two attached hydrogens (primary N) is 1. The fraction of sp³-hybridized carbons (Fsp3) is 0.500. The molecule has 1 saturated heterocycles. The molecule has 1 aliphatic rings. The summed E-state index contributed by atoms with van der Waals surface area (Å²) in [5.74, 6) is 7.16. The van der Waals surface area contributed by atoms with Crippen LogP contribution >= 0.6 is 0 Å². The van der Waals surface area contributed by atoms with Crippen molar-refractivity contribution >= 4 is 0 Å². The van der Waals surface area contributed by atoms with E-state index in [1.165, 1.54) is 12.8 Å². The molecule has 2 unspecified atom stereocenters. The highest BCUT2D eigenvalue weighted by Gasteiger charge is 2.23. The first-order valence-electron chi connectivity index (χ1n) is 6.77. The average Bonchev–Trinajstić information content (AvgIpc) is 2.42. The van der Waals surface area contributed by atoms with Gasteiger partial charge in [0.1, 0.15) is 0 Å². The lowest BCUT2D eigenvalue weighted by molar-refractivity contribution is 0.137. The molecule has 2 nitrogen and oxygen atoms in total. The SMILES string of the molecule is CC1CCC(CN)CN1CC#Cc1ccccc1. The molecule has 0 aromatic heterocycles. The minimum atomic E-state index is 0.637. The van der Waals surface area contributed by atoms with E-state index in [4.69, 9.17) is 5.73 Å². The molecule has 0 bridgehead atoms. The van der Waals surface area contributed by atoms with Gasteiger partial charge in [-0.3, -0.25) is 4.90 Å². The number of hydrogen-bond acceptors (Lipinski definition) is 2. The maximum Gasteiger partial charge on any atom is 0.0607 e. The number of benzene rings is 1. The normalized spacial score (nSPS) is 24.3. The standard InChI is InChI=1S/C16H22N2/c1-14-9-10-16(12-17)13-18(14)11-5-8-15-6-3-2-4-7-15/h2-4,6-7,14,16H,9-13,17H2,1H3. The van der Waals surface area contributed by atoms with E-state index >= 15 is 0 Å². The molecule has 1 aromatic carbocycles. The van der Waals surface area contributed by atoms with E-state index < -0.39 is 0 Å². The van der Waals surface area contributed by atoms with E-state index in [2.05, 4.69) is 35.8 Å². The molecular formula is C16H22N2. The lowest BCUT2D eigenvalue weighted by Crippen LogP contribution is -2.43. The van der Waals surface area contributed by atoms with Gasteiger partial charge in [0.2, 0.25) is 0 Å². The zero-order valence-corrected chi connectivity index (χ0v) is 11.1. The Morgan fingerprint density at radius 1 is 1.28 bits per heavy atom. The number of likely N-dealkylation sites (tertiary alicyclic amines) is 1. The molecule has 1 fully saturated rings. The highest BCUT2D eigenvalue weighted by atomic mass is 15.2. The van der Waals surface area contributed by atoms with Crippen LogP contribution in [0.3, 0.4) is 0 Å². The van der Waals surface area contributed by atoms with Crippen LogP contribution in [0.15, 0.2) is 30.3 Å². The Balaban J connectivity index is 1.91. The van der Waals surface area contributed by atoms with Crippen LogP contribution in [0.25, 0.3) is 0 Å². The van der Waals surface area contributed by atoms with Crippen molar-refractivity contribution in [2.75, 3.05) is 19.6 Å². The van der Waals surface area contributed by atoms with Gasteiger partial charge in [0.25, 0.3) is 0 Å². The molecule has 0 amide bonds. The van der Waals surface area contributed by atoms with Crippen molar-refractivity contribution in [2.24, 2.45) is 11.7 Å². The van der Waals surface area contributed by atoms with Gasteiger partial charge in [-0.25, -0.2) is 0 Å². The molecule has 2 rings (SSSR count).